The molecule has 1 aliphatic heterocycles. The molecule has 1 unspecified atom stereocenters. The van der Waals surface area contributed by atoms with Crippen LogP contribution in [0, 0.1) is 0 Å². The van der Waals surface area contributed by atoms with Gasteiger partial charge in [-0.05, 0) is 54.3 Å². The molecular formula is C23H22N2O4. The van der Waals surface area contributed by atoms with Crippen LogP contribution in [0.15, 0.2) is 71.5 Å². The average molecular weight is 390 g/mol. The van der Waals surface area contributed by atoms with Crippen LogP contribution in [0.2, 0.25) is 0 Å². The summed E-state index contributed by atoms with van der Waals surface area (Å²) in [5, 5.41) is 2.93. The molecule has 0 saturated carbocycles. The molecule has 1 N–H and O–H groups in total. The van der Waals surface area contributed by atoms with Crippen molar-refractivity contribution in [2.45, 2.75) is 18.9 Å². The number of hydrogen-bond acceptors (Lipinski definition) is 4. The van der Waals surface area contributed by atoms with Gasteiger partial charge in [0.15, 0.2) is 0 Å². The summed E-state index contributed by atoms with van der Waals surface area (Å²) in [6.45, 7) is 0.566. The summed E-state index contributed by atoms with van der Waals surface area (Å²) < 4.78 is 10.3. The maximum absolute atomic E-state index is 12.8. The minimum absolute atomic E-state index is 0.173. The smallest absolute Gasteiger partial charge is 0.257 e. The van der Waals surface area contributed by atoms with Crippen molar-refractivity contribution in [2.24, 2.45) is 0 Å². The topological polar surface area (TPSA) is 71.8 Å². The Morgan fingerprint density at radius 3 is 2.66 bits per heavy atom. The highest BCUT2D eigenvalue weighted by atomic mass is 16.5. The minimum atomic E-state index is -0.476. The Balaban J connectivity index is 1.44. The predicted octanol–water partition coefficient (Wildman–Crippen LogP) is 4.20. The lowest BCUT2D eigenvalue weighted by Crippen LogP contribution is -2.43. The first-order chi connectivity index (χ1) is 14.2. The highest BCUT2D eigenvalue weighted by Gasteiger charge is 2.34. The minimum Gasteiger partial charge on any atom is -0.497 e. The third-order valence-corrected chi connectivity index (χ3v) is 5.14. The molecule has 0 aliphatic carbocycles. The van der Waals surface area contributed by atoms with Gasteiger partial charge in [-0.25, -0.2) is 0 Å². The molecule has 2 aromatic carbocycles. The van der Waals surface area contributed by atoms with E-state index in [4.69, 9.17) is 9.15 Å². The van der Waals surface area contributed by atoms with E-state index < -0.39 is 6.04 Å². The van der Waals surface area contributed by atoms with E-state index in [1.807, 2.05) is 48.5 Å². The van der Waals surface area contributed by atoms with Crippen molar-refractivity contribution in [3.05, 3.63) is 72.7 Å². The van der Waals surface area contributed by atoms with E-state index in [2.05, 4.69) is 5.32 Å². The van der Waals surface area contributed by atoms with Crippen molar-refractivity contribution in [1.82, 2.24) is 4.90 Å². The molecule has 0 bridgehead atoms. The summed E-state index contributed by atoms with van der Waals surface area (Å²) in [5.74, 6) is 0.446. The van der Waals surface area contributed by atoms with Crippen molar-refractivity contribution >= 4 is 17.5 Å². The van der Waals surface area contributed by atoms with Crippen molar-refractivity contribution in [2.75, 3.05) is 19.0 Å². The number of rotatable bonds is 5. The van der Waals surface area contributed by atoms with Crippen LogP contribution in [-0.4, -0.2) is 36.4 Å². The van der Waals surface area contributed by atoms with Crippen molar-refractivity contribution in [3.8, 4) is 16.9 Å². The number of nitrogens with zero attached hydrogens (tertiary/aromatic N) is 1. The fourth-order valence-corrected chi connectivity index (χ4v) is 3.61. The Morgan fingerprint density at radius 2 is 1.93 bits per heavy atom. The van der Waals surface area contributed by atoms with Gasteiger partial charge < -0.3 is 19.4 Å². The number of furan rings is 1. The normalized spacial score (nSPS) is 15.9. The molecule has 29 heavy (non-hydrogen) atoms. The maximum atomic E-state index is 12.8. The fourth-order valence-electron chi connectivity index (χ4n) is 3.61. The zero-order valence-electron chi connectivity index (χ0n) is 16.1. The fraction of sp³-hybridized carbons (Fsp3) is 0.217. The van der Waals surface area contributed by atoms with Crippen LogP contribution in [0.25, 0.3) is 11.1 Å². The zero-order chi connectivity index (χ0) is 20.2. The number of anilines is 1. The van der Waals surface area contributed by atoms with E-state index in [1.165, 1.54) is 12.5 Å². The molecule has 2 amide bonds. The number of benzene rings is 2. The van der Waals surface area contributed by atoms with E-state index in [1.54, 1.807) is 18.1 Å². The number of nitrogens with one attached hydrogen (secondary N) is 1. The van der Waals surface area contributed by atoms with Crippen molar-refractivity contribution < 1.29 is 18.7 Å². The van der Waals surface area contributed by atoms with Gasteiger partial charge in [0.1, 0.15) is 18.1 Å². The molecule has 4 rings (SSSR count). The molecule has 3 aromatic rings. The molecular weight excluding hydrogens is 368 g/mol. The molecule has 148 valence electrons. The summed E-state index contributed by atoms with van der Waals surface area (Å²) in [4.78, 5) is 27.0. The van der Waals surface area contributed by atoms with Gasteiger partial charge in [-0.15, -0.1) is 0 Å². The average Bonchev–Trinajstić information content (AvgIpc) is 3.46. The molecule has 1 aromatic heterocycles. The van der Waals surface area contributed by atoms with Crippen molar-refractivity contribution in [1.29, 1.82) is 0 Å². The van der Waals surface area contributed by atoms with Gasteiger partial charge in [-0.2, -0.15) is 0 Å². The number of hydrogen-bond donors (Lipinski definition) is 1. The summed E-state index contributed by atoms with van der Waals surface area (Å²) >= 11 is 0. The number of methoxy groups -OCH3 is 1. The Labute approximate surface area is 169 Å². The van der Waals surface area contributed by atoms with E-state index in [0.29, 0.717) is 24.2 Å². The Morgan fingerprint density at radius 1 is 1.10 bits per heavy atom. The van der Waals surface area contributed by atoms with E-state index >= 15 is 0 Å². The number of ether oxygens (including phenoxy) is 1. The first-order valence-corrected chi connectivity index (χ1v) is 9.54. The third-order valence-electron chi connectivity index (χ3n) is 5.14. The van der Waals surface area contributed by atoms with Crippen LogP contribution in [0.1, 0.15) is 23.2 Å². The van der Waals surface area contributed by atoms with Gasteiger partial charge in [0.25, 0.3) is 5.91 Å². The van der Waals surface area contributed by atoms with Crippen LogP contribution in [0.4, 0.5) is 5.69 Å². The quantitative estimate of drug-likeness (QED) is 0.709. The Hall–Kier alpha value is -3.54. The lowest BCUT2D eigenvalue weighted by Gasteiger charge is -2.23. The summed E-state index contributed by atoms with van der Waals surface area (Å²) in [6, 6.07) is 16.6. The van der Waals surface area contributed by atoms with Gasteiger partial charge in [0.05, 0.1) is 18.9 Å². The molecule has 6 nitrogen and oxygen atoms in total. The first-order valence-electron chi connectivity index (χ1n) is 9.54. The highest BCUT2D eigenvalue weighted by molar-refractivity contribution is 6.01. The lowest BCUT2D eigenvalue weighted by molar-refractivity contribution is -0.119. The van der Waals surface area contributed by atoms with Crippen LogP contribution < -0.4 is 10.1 Å². The summed E-state index contributed by atoms with van der Waals surface area (Å²) in [7, 11) is 1.64. The third kappa shape index (κ3) is 4.01. The van der Waals surface area contributed by atoms with Gasteiger partial charge in [0.2, 0.25) is 5.91 Å². The molecule has 6 heteroatoms. The van der Waals surface area contributed by atoms with Crippen LogP contribution >= 0.6 is 0 Å². The molecule has 0 spiro atoms. The number of carbonyl (C=O) groups excluding carboxylic acids is 2. The maximum Gasteiger partial charge on any atom is 0.257 e. The molecule has 1 atom stereocenters. The number of amides is 2. The van der Waals surface area contributed by atoms with Crippen LogP contribution in [-0.2, 0) is 4.79 Å². The van der Waals surface area contributed by atoms with E-state index in [-0.39, 0.29) is 11.8 Å². The van der Waals surface area contributed by atoms with Gasteiger partial charge in [-0.1, -0.05) is 24.3 Å². The van der Waals surface area contributed by atoms with Crippen molar-refractivity contribution in [3.63, 3.8) is 0 Å². The Bertz CT molecular complexity index is 996. The van der Waals surface area contributed by atoms with Gasteiger partial charge in [-0.3, -0.25) is 9.59 Å². The summed E-state index contributed by atoms with van der Waals surface area (Å²) in [6.07, 6.45) is 4.32. The standard InChI is InChI=1S/C23H22N2O4/c1-28-20-5-2-4-17(14-20)16-7-9-19(10-8-16)24-22(26)21-6-3-12-25(21)23(27)18-11-13-29-15-18/h2,4-5,7-11,13-15,21H,3,6,12H2,1H3,(H,24,26). The zero-order valence-corrected chi connectivity index (χ0v) is 16.1. The SMILES string of the molecule is COc1cccc(-c2ccc(NC(=O)C3CCCN3C(=O)c3ccoc3)cc2)c1. The van der Waals surface area contributed by atoms with Gasteiger partial charge in [0, 0.05) is 12.2 Å². The molecule has 2 heterocycles. The largest absolute Gasteiger partial charge is 0.497 e. The Kier molecular flexibility index (Phi) is 5.33. The van der Waals surface area contributed by atoms with Crippen LogP contribution in [0.5, 0.6) is 5.75 Å². The second-order valence-electron chi connectivity index (χ2n) is 6.97. The highest BCUT2D eigenvalue weighted by Crippen LogP contribution is 2.26. The second kappa shape index (κ2) is 8.22. The second-order valence-corrected chi connectivity index (χ2v) is 6.97. The van der Waals surface area contributed by atoms with E-state index in [9.17, 15) is 9.59 Å². The first kappa shape index (κ1) is 18.8. The van der Waals surface area contributed by atoms with E-state index in [0.717, 1.165) is 23.3 Å². The molecule has 0 radical (unpaired) electrons. The molecule has 1 fully saturated rings. The number of likely N-dealkylation sites (tertiary alicyclic amines) is 1. The van der Waals surface area contributed by atoms with Gasteiger partial charge >= 0.3 is 0 Å². The molecule has 1 saturated heterocycles. The van der Waals surface area contributed by atoms with Crippen LogP contribution in [0.3, 0.4) is 0 Å². The predicted molar refractivity (Wildman–Crippen MR) is 110 cm³/mol. The molecule has 1 aliphatic rings. The monoisotopic (exact) mass is 390 g/mol. The number of carbonyl (C=O) groups is 2. The summed E-state index contributed by atoms with van der Waals surface area (Å²) in [5.41, 5.74) is 3.23. The lowest BCUT2D eigenvalue weighted by atomic mass is 10.0.